The first-order valence-corrected chi connectivity index (χ1v) is 11.7. The first-order valence-electron chi connectivity index (χ1n) is 11.7. The molecule has 4 aromatic rings. The van der Waals surface area contributed by atoms with Crippen LogP contribution in [0, 0.1) is 6.92 Å². The Balaban J connectivity index is 1.53. The normalized spacial score (nSPS) is 14.1. The highest BCUT2D eigenvalue weighted by Gasteiger charge is 2.24. The molecule has 5 rings (SSSR count). The minimum atomic E-state index is -0.256. The maximum absolute atomic E-state index is 13.3. The van der Waals surface area contributed by atoms with E-state index in [0.29, 0.717) is 28.8 Å². The Bertz CT molecular complexity index is 1430. The highest BCUT2D eigenvalue weighted by atomic mass is 16.1. The summed E-state index contributed by atoms with van der Waals surface area (Å²) in [7, 11) is 0. The molecule has 0 saturated heterocycles. The number of nitrogens with zero attached hydrogens (tertiary/aromatic N) is 4. The number of nitrogen functional groups attached to an aromatic ring is 1. The number of para-hydroxylation sites is 2. The van der Waals surface area contributed by atoms with Gasteiger partial charge in [-0.15, -0.1) is 0 Å². The number of nitrogens with one attached hydrogen (secondary N) is 1. The van der Waals surface area contributed by atoms with Gasteiger partial charge in [0.2, 0.25) is 0 Å². The van der Waals surface area contributed by atoms with Crippen LogP contribution in [-0.4, -0.2) is 33.3 Å². The predicted octanol–water partition coefficient (Wildman–Crippen LogP) is 4.98. The second-order valence-corrected chi connectivity index (χ2v) is 8.67. The van der Waals surface area contributed by atoms with E-state index in [1.807, 2.05) is 55.5 Å². The molecule has 2 heterocycles. The maximum Gasteiger partial charge on any atom is 0.257 e. The van der Waals surface area contributed by atoms with Crippen LogP contribution >= 0.6 is 0 Å². The fraction of sp³-hybridized carbons (Fsp3) is 0.259. The Morgan fingerprint density at radius 3 is 2.65 bits per heavy atom. The molecule has 0 bridgehead atoms. The zero-order chi connectivity index (χ0) is 23.5. The van der Waals surface area contributed by atoms with E-state index in [0.717, 1.165) is 35.9 Å². The van der Waals surface area contributed by atoms with Gasteiger partial charge in [-0.25, -0.2) is 9.97 Å². The van der Waals surface area contributed by atoms with E-state index in [1.54, 1.807) is 6.21 Å². The molecule has 0 atom stereocenters. The van der Waals surface area contributed by atoms with Gasteiger partial charge < -0.3 is 11.1 Å². The summed E-state index contributed by atoms with van der Waals surface area (Å²) in [5, 5.41) is 7.63. The van der Waals surface area contributed by atoms with Crippen molar-refractivity contribution < 1.29 is 4.79 Å². The van der Waals surface area contributed by atoms with E-state index in [4.69, 9.17) is 15.7 Å². The van der Waals surface area contributed by atoms with Gasteiger partial charge >= 0.3 is 0 Å². The van der Waals surface area contributed by atoms with Crippen molar-refractivity contribution in [2.24, 2.45) is 5.10 Å². The van der Waals surface area contributed by atoms with Gasteiger partial charge in [-0.1, -0.05) is 48.0 Å². The molecule has 34 heavy (non-hydrogen) atoms. The summed E-state index contributed by atoms with van der Waals surface area (Å²) >= 11 is 0. The fourth-order valence-electron chi connectivity index (χ4n) is 4.40. The quantitative estimate of drug-likeness (QED) is 0.318. The van der Waals surface area contributed by atoms with Crippen LogP contribution in [0.1, 0.15) is 53.6 Å². The van der Waals surface area contributed by atoms with Crippen molar-refractivity contribution in [3.8, 4) is 0 Å². The van der Waals surface area contributed by atoms with Crippen molar-refractivity contribution in [1.29, 1.82) is 0 Å². The van der Waals surface area contributed by atoms with Gasteiger partial charge in [-0.05, 0) is 62.3 Å². The SMILES string of the molecule is Cc1ccccc1C=Nn1c(N)c(C(=O)NCCC2=CCCCC2)c2nc3ccccc3nc21. The molecule has 7 nitrogen and oxygen atoms in total. The molecule has 0 fully saturated rings. The van der Waals surface area contributed by atoms with Gasteiger partial charge in [0, 0.05) is 6.54 Å². The number of allylic oxidation sites excluding steroid dienone is 1. The van der Waals surface area contributed by atoms with Crippen molar-refractivity contribution in [3.63, 3.8) is 0 Å². The summed E-state index contributed by atoms with van der Waals surface area (Å²) in [4.78, 5) is 22.7. The van der Waals surface area contributed by atoms with Gasteiger partial charge in [0.1, 0.15) is 16.9 Å². The van der Waals surface area contributed by atoms with Gasteiger partial charge in [-0.2, -0.15) is 9.78 Å². The van der Waals surface area contributed by atoms with Gasteiger partial charge in [0.15, 0.2) is 5.65 Å². The summed E-state index contributed by atoms with van der Waals surface area (Å²) < 4.78 is 1.51. The van der Waals surface area contributed by atoms with E-state index in [-0.39, 0.29) is 11.7 Å². The summed E-state index contributed by atoms with van der Waals surface area (Å²) in [5.74, 6) is -0.0298. The number of rotatable bonds is 6. The number of hydrogen-bond donors (Lipinski definition) is 2. The van der Waals surface area contributed by atoms with Crippen LogP contribution in [0.3, 0.4) is 0 Å². The first kappa shape index (κ1) is 21.8. The standard InChI is InChI=1S/C27H28N6O/c1-18-9-5-6-12-20(18)17-30-33-25(28)23(27(34)29-16-15-19-10-3-2-4-11-19)24-26(33)32-22-14-8-7-13-21(22)31-24/h5-10,12-14,17H,2-4,11,15-16,28H2,1H3,(H,29,34). The molecule has 1 aliphatic carbocycles. The third-order valence-corrected chi connectivity index (χ3v) is 6.32. The van der Waals surface area contributed by atoms with Crippen LogP contribution in [0.5, 0.6) is 0 Å². The van der Waals surface area contributed by atoms with Crippen LogP contribution in [0.2, 0.25) is 0 Å². The molecule has 2 aromatic carbocycles. The molecule has 0 aliphatic heterocycles. The van der Waals surface area contributed by atoms with Crippen LogP contribution < -0.4 is 11.1 Å². The number of aryl methyl sites for hydroxylation is 1. The van der Waals surface area contributed by atoms with Crippen molar-refractivity contribution in [2.75, 3.05) is 12.3 Å². The molecule has 172 valence electrons. The lowest BCUT2D eigenvalue weighted by Crippen LogP contribution is -2.25. The zero-order valence-electron chi connectivity index (χ0n) is 19.3. The Morgan fingerprint density at radius 2 is 1.88 bits per heavy atom. The highest BCUT2D eigenvalue weighted by molar-refractivity contribution is 6.10. The molecule has 3 N–H and O–H groups in total. The Kier molecular flexibility index (Phi) is 6.08. The number of benzene rings is 2. The minimum Gasteiger partial charge on any atom is -0.383 e. The van der Waals surface area contributed by atoms with Gasteiger partial charge in [-0.3, -0.25) is 4.79 Å². The molecule has 7 heteroatoms. The summed E-state index contributed by atoms with van der Waals surface area (Å²) in [6.07, 6.45) is 9.61. The highest BCUT2D eigenvalue weighted by Crippen LogP contribution is 2.28. The Hall–Kier alpha value is -4.00. The number of carbonyl (C=O) groups is 1. The molecule has 0 saturated carbocycles. The molecule has 0 spiro atoms. The van der Waals surface area contributed by atoms with E-state index in [9.17, 15) is 4.79 Å². The van der Waals surface area contributed by atoms with Crippen LogP contribution in [0.15, 0.2) is 65.3 Å². The molecule has 0 radical (unpaired) electrons. The first-order chi connectivity index (χ1) is 16.6. The van der Waals surface area contributed by atoms with Crippen molar-refractivity contribution in [3.05, 3.63) is 76.9 Å². The number of carbonyl (C=O) groups excluding carboxylic acids is 1. The van der Waals surface area contributed by atoms with Crippen LogP contribution in [0.4, 0.5) is 5.82 Å². The van der Waals surface area contributed by atoms with Crippen LogP contribution in [-0.2, 0) is 0 Å². The molecule has 1 amide bonds. The molecule has 2 aromatic heterocycles. The van der Waals surface area contributed by atoms with E-state index >= 15 is 0 Å². The van der Waals surface area contributed by atoms with Crippen LogP contribution in [0.25, 0.3) is 22.2 Å². The topological polar surface area (TPSA) is 98.2 Å². The third-order valence-electron chi connectivity index (χ3n) is 6.32. The number of hydrogen-bond acceptors (Lipinski definition) is 5. The average molecular weight is 453 g/mol. The summed E-state index contributed by atoms with van der Waals surface area (Å²) in [5.41, 5.74) is 12.6. The number of aromatic nitrogens is 3. The lowest BCUT2D eigenvalue weighted by molar-refractivity contribution is 0.0956. The Labute approximate surface area is 198 Å². The number of nitrogens with two attached hydrogens (primary N) is 1. The number of amides is 1. The summed E-state index contributed by atoms with van der Waals surface area (Å²) in [6.45, 7) is 2.58. The zero-order valence-corrected chi connectivity index (χ0v) is 19.3. The van der Waals surface area contributed by atoms with Crippen molar-refractivity contribution in [1.82, 2.24) is 20.0 Å². The van der Waals surface area contributed by atoms with Gasteiger partial charge in [0.05, 0.1) is 17.2 Å². The lowest BCUT2D eigenvalue weighted by Gasteiger charge is -2.13. The Morgan fingerprint density at radius 1 is 1.12 bits per heavy atom. The fourth-order valence-corrected chi connectivity index (χ4v) is 4.40. The molecule has 1 aliphatic rings. The number of anilines is 1. The second kappa shape index (κ2) is 9.47. The smallest absolute Gasteiger partial charge is 0.257 e. The monoisotopic (exact) mass is 452 g/mol. The largest absolute Gasteiger partial charge is 0.383 e. The van der Waals surface area contributed by atoms with E-state index in [2.05, 4.69) is 16.5 Å². The summed E-state index contributed by atoms with van der Waals surface area (Å²) in [6, 6.07) is 15.5. The van der Waals surface area contributed by atoms with Crippen molar-refractivity contribution >= 4 is 40.1 Å². The van der Waals surface area contributed by atoms with Crippen molar-refractivity contribution in [2.45, 2.75) is 39.0 Å². The average Bonchev–Trinajstić information content (AvgIpc) is 3.12. The molecular formula is C27H28N6O. The number of fused-ring (bicyclic) bond motifs is 2. The van der Waals surface area contributed by atoms with Gasteiger partial charge in [0.25, 0.3) is 5.91 Å². The predicted molar refractivity (Wildman–Crippen MR) is 137 cm³/mol. The van der Waals surface area contributed by atoms with E-state index in [1.165, 1.54) is 23.1 Å². The second-order valence-electron chi connectivity index (χ2n) is 8.67. The minimum absolute atomic E-state index is 0.226. The maximum atomic E-state index is 13.3. The third kappa shape index (κ3) is 4.29. The van der Waals surface area contributed by atoms with E-state index < -0.39 is 0 Å². The lowest BCUT2D eigenvalue weighted by atomic mass is 9.97. The molecule has 0 unspecified atom stereocenters. The molecular weight excluding hydrogens is 424 g/mol.